The highest BCUT2D eigenvalue weighted by Gasteiger charge is 2.71. The fraction of sp³-hybridized carbons (Fsp3) is 0.800. The van der Waals surface area contributed by atoms with Crippen LogP contribution in [0.25, 0.3) is 0 Å². The number of rotatable bonds is 3. The van der Waals surface area contributed by atoms with Crippen molar-refractivity contribution in [1.29, 1.82) is 0 Å². The second-order valence-corrected chi connectivity index (χ2v) is 8.30. The number of hydrogen-bond donors (Lipinski definition) is 1. The second kappa shape index (κ2) is 6.02. The maximum absolute atomic E-state index is 12.7. The highest BCUT2D eigenvalue weighted by atomic mass is 16.5. The number of hydrogen-bond acceptors (Lipinski definition) is 4. The molecule has 4 rings (SSSR count). The van der Waals surface area contributed by atoms with Gasteiger partial charge in [0.15, 0.2) is 0 Å². The molecule has 2 aliphatic carbocycles. The van der Waals surface area contributed by atoms with Gasteiger partial charge < -0.3 is 14.6 Å². The predicted molar refractivity (Wildman–Crippen MR) is 89.2 cm³/mol. The zero-order chi connectivity index (χ0) is 17.9. The average Bonchev–Trinajstić information content (AvgIpc) is 3.29. The SMILES string of the molecule is CCCOC(=O)C1C(C#CC(=O)O)C2OC1C1C3CC(C(C)C3C)C21. The van der Waals surface area contributed by atoms with Gasteiger partial charge in [-0.1, -0.05) is 26.7 Å². The molecule has 0 radical (unpaired) electrons. The van der Waals surface area contributed by atoms with Gasteiger partial charge in [-0.3, -0.25) is 4.79 Å². The van der Waals surface area contributed by atoms with E-state index in [1.807, 2.05) is 6.92 Å². The van der Waals surface area contributed by atoms with Crippen LogP contribution < -0.4 is 0 Å². The molecule has 136 valence electrons. The van der Waals surface area contributed by atoms with Crippen molar-refractivity contribution in [3.63, 3.8) is 0 Å². The van der Waals surface area contributed by atoms with Crippen LogP contribution in [0.5, 0.6) is 0 Å². The lowest BCUT2D eigenvalue weighted by Crippen LogP contribution is -2.48. The maximum atomic E-state index is 12.7. The Morgan fingerprint density at radius 1 is 1.16 bits per heavy atom. The van der Waals surface area contributed by atoms with Gasteiger partial charge in [0.25, 0.3) is 0 Å². The van der Waals surface area contributed by atoms with E-state index in [0.29, 0.717) is 42.1 Å². The van der Waals surface area contributed by atoms with Gasteiger partial charge in [-0.2, -0.15) is 0 Å². The lowest BCUT2D eigenvalue weighted by Gasteiger charge is -2.42. The van der Waals surface area contributed by atoms with Crippen molar-refractivity contribution in [3.8, 4) is 11.8 Å². The molecule has 5 nitrogen and oxygen atoms in total. The first-order valence-corrected chi connectivity index (χ1v) is 9.52. The van der Waals surface area contributed by atoms with E-state index < -0.39 is 11.9 Å². The smallest absolute Gasteiger partial charge is 0.381 e. The number of carboxylic acids is 1. The molecule has 4 bridgehead atoms. The highest BCUT2D eigenvalue weighted by molar-refractivity contribution is 5.86. The Bertz CT molecular complexity index is 646. The summed E-state index contributed by atoms with van der Waals surface area (Å²) in [6, 6.07) is 0. The van der Waals surface area contributed by atoms with E-state index in [9.17, 15) is 9.59 Å². The number of carbonyl (C=O) groups excluding carboxylic acids is 1. The molecule has 0 aromatic heterocycles. The first kappa shape index (κ1) is 16.9. The summed E-state index contributed by atoms with van der Waals surface area (Å²) in [7, 11) is 0. The second-order valence-electron chi connectivity index (χ2n) is 8.30. The maximum Gasteiger partial charge on any atom is 0.381 e. The summed E-state index contributed by atoms with van der Waals surface area (Å²) in [6.45, 7) is 6.99. The van der Waals surface area contributed by atoms with Crippen molar-refractivity contribution in [3.05, 3.63) is 0 Å². The third kappa shape index (κ3) is 2.33. The molecule has 10 atom stereocenters. The summed E-state index contributed by atoms with van der Waals surface area (Å²) in [4.78, 5) is 23.6. The molecule has 2 heterocycles. The summed E-state index contributed by atoms with van der Waals surface area (Å²) in [6.07, 6.45) is 1.71. The molecule has 0 spiro atoms. The first-order valence-electron chi connectivity index (χ1n) is 9.52. The van der Waals surface area contributed by atoms with Gasteiger partial charge in [0.05, 0.1) is 30.7 Å². The summed E-state index contributed by atoms with van der Waals surface area (Å²) in [5, 5.41) is 8.95. The van der Waals surface area contributed by atoms with Crippen molar-refractivity contribution in [1.82, 2.24) is 0 Å². The molecule has 10 unspecified atom stereocenters. The predicted octanol–water partition coefficient (Wildman–Crippen LogP) is 2.20. The van der Waals surface area contributed by atoms with Gasteiger partial charge in [-0.25, -0.2) is 4.79 Å². The van der Waals surface area contributed by atoms with Crippen molar-refractivity contribution >= 4 is 11.9 Å². The zero-order valence-electron chi connectivity index (χ0n) is 15.0. The topological polar surface area (TPSA) is 72.8 Å². The lowest BCUT2D eigenvalue weighted by atomic mass is 9.59. The largest absolute Gasteiger partial charge is 0.472 e. The summed E-state index contributed by atoms with van der Waals surface area (Å²) in [5.41, 5.74) is 0. The molecular formula is C20H26O5. The first-order chi connectivity index (χ1) is 12.0. The molecule has 2 saturated heterocycles. The Labute approximate surface area is 148 Å². The van der Waals surface area contributed by atoms with Gasteiger partial charge in [0.2, 0.25) is 0 Å². The van der Waals surface area contributed by atoms with Gasteiger partial charge in [-0.05, 0) is 48.3 Å². The van der Waals surface area contributed by atoms with Gasteiger partial charge >= 0.3 is 11.9 Å². The number of carboxylic acid groups (broad SMARTS) is 1. The van der Waals surface area contributed by atoms with Gasteiger partial charge in [0, 0.05) is 5.92 Å². The van der Waals surface area contributed by atoms with Crippen molar-refractivity contribution in [2.24, 2.45) is 47.3 Å². The highest BCUT2D eigenvalue weighted by Crippen LogP contribution is 2.68. The molecule has 0 aromatic rings. The Hall–Kier alpha value is -1.54. The Balaban J connectivity index is 1.65. The Morgan fingerprint density at radius 2 is 1.80 bits per heavy atom. The van der Waals surface area contributed by atoms with Crippen LogP contribution in [0, 0.1) is 59.2 Å². The molecule has 5 heteroatoms. The van der Waals surface area contributed by atoms with Crippen LogP contribution in [0.15, 0.2) is 0 Å². The molecular weight excluding hydrogens is 320 g/mol. The third-order valence-electron chi connectivity index (χ3n) is 7.39. The van der Waals surface area contributed by atoms with Crippen LogP contribution in [0.2, 0.25) is 0 Å². The number of aliphatic carboxylic acids is 1. The normalized spacial score (nSPS) is 48.8. The summed E-state index contributed by atoms with van der Waals surface area (Å²) < 4.78 is 11.7. The lowest BCUT2D eigenvalue weighted by molar-refractivity contribution is -0.153. The summed E-state index contributed by atoms with van der Waals surface area (Å²) in [5.74, 6) is 6.23. The van der Waals surface area contributed by atoms with E-state index >= 15 is 0 Å². The van der Waals surface area contributed by atoms with E-state index in [2.05, 4.69) is 25.7 Å². The quantitative estimate of drug-likeness (QED) is 0.626. The van der Waals surface area contributed by atoms with E-state index in [1.165, 1.54) is 6.42 Å². The van der Waals surface area contributed by atoms with Gasteiger partial charge in [-0.15, -0.1) is 0 Å². The van der Waals surface area contributed by atoms with Crippen LogP contribution in [0.4, 0.5) is 0 Å². The average molecular weight is 346 g/mol. The van der Waals surface area contributed by atoms with Crippen molar-refractivity contribution in [2.45, 2.75) is 45.8 Å². The standard InChI is InChI=1S/C20H26O5/c1-4-7-24-20(23)17-11(5-6-14(21)22)18-15-12-8-13(10(3)9(12)2)16(15)19(17)25-18/h9-13,15-19H,4,7-8H2,1-3H3,(H,21,22). The zero-order valence-corrected chi connectivity index (χ0v) is 15.0. The third-order valence-corrected chi connectivity index (χ3v) is 7.39. The fourth-order valence-electron chi connectivity index (χ4n) is 6.35. The number of fused-ring (bicyclic) bond motifs is 9. The minimum atomic E-state index is -1.16. The molecule has 4 fully saturated rings. The van der Waals surface area contributed by atoms with Crippen LogP contribution in [-0.4, -0.2) is 35.9 Å². The van der Waals surface area contributed by atoms with Crippen molar-refractivity contribution < 1.29 is 24.2 Å². The molecule has 1 N–H and O–H groups in total. The molecule has 25 heavy (non-hydrogen) atoms. The Kier molecular flexibility index (Phi) is 4.07. The Morgan fingerprint density at radius 3 is 2.40 bits per heavy atom. The molecule has 2 aliphatic heterocycles. The van der Waals surface area contributed by atoms with E-state index in [0.717, 1.165) is 6.42 Å². The van der Waals surface area contributed by atoms with Crippen LogP contribution in [-0.2, 0) is 19.1 Å². The monoisotopic (exact) mass is 346 g/mol. The van der Waals surface area contributed by atoms with E-state index in [1.54, 1.807) is 0 Å². The van der Waals surface area contributed by atoms with Crippen LogP contribution in [0.3, 0.4) is 0 Å². The molecule has 0 aromatic carbocycles. The molecule has 4 aliphatic rings. The van der Waals surface area contributed by atoms with Crippen LogP contribution >= 0.6 is 0 Å². The van der Waals surface area contributed by atoms with Gasteiger partial charge in [0.1, 0.15) is 0 Å². The molecule has 0 amide bonds. The minimum Gasteiger partial charge on any atom is -0.472 e. The summed E-state index contributed by atoms with van der Waals surface area (Å²) >= 11 is 0. The van der Waals surface area contributed by atoms with Crippen LogP contribution in [0.1, 0.15) is 33.6 Å². The number of esters is 1. The fourth-order valence-corrected chi connectivity index (χ4v) is 6.35. The van der Waals surface area contributed by atoms with E-state index in [-0.39, 0.29) is 24.1 Å². The number of carbonyl (C=O) groups is 2. The number of ether oxygens (including phenoxy) is 2. The molecule has 2 saturated carbocycles. The van der Waals surface area contributed by atoms with E-state index in [4.69, 9.17) is 14.6 Å². The minimum absolute atomic E-state index is 0.119. The van der Waals surface area contributed by atoms with Crippen molar-refractivity contribution in [2.75, 3.05) is 6.61 Å².